The minimum absolute atomic E-state index is 0.526. The van der Waals surface area contributed by atoms with E-state index in [2.05, 4.69) is 12.2 Å². The summed E-state index contributed by atoms with van der Waals surface area (Å²) in [6.07, 6.45) is 12.3. The van der Waals surface area contributed by atoms with Crippen LogP contribution in [0.25, 0.3) is 0 Å². The van der Waals surface area contributed by atoms with Gasteiger partial charge in [0.1, 0.15) is 5.78 Å². The molecule has 1 aromatic rings. The quantitative estimate of drug-likeness (QED) is 0.412. The lowest BCUT2D eigenvalue weighted by Crippen LogP contribution is -2.42. The molecule has 0 saturated heterocycles. The predicted molar refractivity (Wildman–Crippen MR) is 95.9 cm³/mol. The molecule has 0 spiro atoms. The molecule has 1 atom stereocenters. The van der Waals surface area contributed by atoms with Gasteiger partial charge in [0.15, 0.2) is 0 Å². The molecule has 1 rings (SSSR count). The maximum atomic E-state index is 11.5. The fourth-order valence-electron chi connectivity index (χ4n) is 2.90. The van der Waals surface area contributed by atoms with E-state index in [-0.39, 0.29) is 0 Å². The molecule has 0 aliphatic heterocycles. The summed E-state index contributed by atoms with van der Waals surface area (Å²) in [6, 6.07) is 8.67. The van der Waals surface area contributed by atoms with Gasteiger partial charge in [0.05, 0.1) is 0 Å². The number of unbranched alkanes of at least 4 members (excludes halogenated alkanes) is 9. The number of nitrogens with one attached hydrogen (secondary N) is 1. The third kappa shape index (κ3) is 9.71. The van der Waals surface area contributed by atoms with E-state index in [1.807, 2.05) is 6.07 Å². The molecule has 1 unspecified atom stereocenters. The van der Waals surface area contributed by atoms with Gasteiger partial charge in [-0.05, 0) is 13.0 Å². The molecule has 1 aromatic carbocycles. The lowest BCUT2D eigenvalue weighted by Gasteiger charge is -2.48. The maximum absolute atomic E-state index is 11.5. The molecular weight excluding hydrogens is 321 g/mol. The molecule has 0 aromatic heterocycles. The standard InChI is InChI=1S/C19H34NO3P/c1-2-3-4-5-6-7-8-9-10-14-17-20-19(24(21,22)23)18-15-12-11-13-16-18/h11-13,15-16,19-20H,2-10,14,17H2,1H3,(H2,21,22,23)/p-2. The molecule has 0 bridgehead atoms. The smallest absolute Gasteiger partial charge is 0.127 e. The SMILES string of the molecule is CCCCCCCCCCCCNC(c1ccccc1)[P+]([O-])([O-])[O-]. The summed E-state index contributed by atoms with van der Waals surface area (Å²) >= 11 is 0. The fraction of sp³-hybridized carbons (Fsp3) is 0.684. The Morgan fingerprint density at radius 3 is 1.79 bits per heavy atom. The van der Waals surface area contributed by atoms with Crippen molar-refractivity contribution in [3.05, 3.63) is 35.9 Å². The van der Waals surface area contributed by atoms with Crippen molar-refractivity contribution in [3.8, 4) is 0 Å². The Morgan fingerprint density at radius 2 is 1.29 bits per heavy atom. The summed E-state index contributed by atoms with van der Waals surface area (Å²) < 4.78 is 0. The second kappa shape index (κ2) is 12.8. The molecule has 138 valence electrons. The van der Waals surface area contributed by atoms with E-state index in [9.17, 15) is 14.7 Å². The van der Waals surface area contributed by atoms with Crippen LogP contribution in [0.15, 0.2) is 30.3 Å². The van der Waals surface area contributed by atoms with Gasteiger partial charge in [-0.1, -0.05) is 95.0 Å². The molecule has 0 aliphatic carbocycles. The molecule has 24 heavy (non-hydrogen) atoms. The van der Waals surface area contributed by atoms with Gasteiger partial charge in [0, 0.05) is 5.56 Å². The lowest BCUT2D eigenvalue weighted by atomic mass is 10.1. The van der Waals surface area contributed by atoms with Gasteiger partial charge in [0.25, 0.3) is 0 Å². The first-order valence-corrected chi connectivity index (χ1v) is 11.0. The third-order valence-corrected chi connectivity index (χ3v) is 5.41. The number of rotatable bonds is 14. The highest BCUT2D eigenvalue weighted by molar-refractivity contribution is 7.54. The zero-order valence-electron chi connectivity index (χ0n) is 14.9. The Labute approximate surface area is 147 Å². The maximum Gasteiger partial charge on any atom is 0.127 e. The van der Waals surface area contributed by atoms with Gasteiger partial charge >= 0.3 is 0 Å². The zero-order valence-corrected chi connectivity index (χ0v) is 15.8. The van der Waals surface area contributed by atoms with E-state index in [0.29, 0.717) is 12.1 Å². The van der Waals surface area contributed by atoms with Crippen molar-refractivity contribution in [2.24, 2.45) is 0 Å². The highest BCUT2D eigenvalue weighted by atomic mass is 31.2. The highest BCUT2D eigenvalue weighted by Crippen LogP contribution is 2.45. The van der Waals surface area contributed by atoms with Crippen molar-refractivity contribution in [1.82, 2.24) is 5.32 Å². The van der Waals surface area contributed by atoms with Gasteiger partial charge < -0.3 is 14.7 Å². The number of hydrogen-bond acceptors (Lipinski definition) is 4. The molecule has 0 aliphatic rings. The molecule has 0 amide bonds. The van der Waals surface area contributed by atoms with E-state index in [1.165, 1.54) is 51.4 Å². The highest BCUT2D eigenvalue weighted by Gasteiger charge is 2.18. The van der Waals surface area contributed by atoms with Crippen molar-refractivity contribution >= 4 is 7.94 Å². The van der Waals surface area contributed by atoms with Crippen molar-refractivity contribution < 1.29 is 14.7 Å². The van der Waals surface area contributed by atoms with Gasteiger partial charge in [0.2, 0.25) is 0 Å². The molecular formula is C19H32NO3P-2. The fourth-order valence-corrected chi connectivity index (χ4v) is 3.79. The number of hydrogen-bond donors (Lipinski definition) is 1. The second-order valence-corrected chi connectivity index (χ2v) is 8.09. The van der Waals surface area contributed by atoms with Crippen LogP contribution >= 0.6 is 7.94 Å². The first kappa shape index (κ1) is 21.5. The summed E-state index contributed by atoms with van der Waals surface area (Å²) in [7, 11) is -4.69. The van der Waals surface area contributed by atoms with Crippen LogP contribution in [0.2, 0.25) is 0 Å². The molecule has 0 radical (unpaired) electrons. The Balaban J connectivity index is 2.12. The Morgan fingerprint density at radius 1 is 0.792 bits per heavy atom. The molecule has 0 saturated carbocycles. The summed E-state index contributed by atoms with van der Waals surface area (Å²) in [4.78, 5) is 34.4. The van der Waals surface area contributed by atoms with Crippen LogP contribution in [0.1, 0.15) is 82.5 Å². The summed E-state index contributed by atoms with van der Waals surface area (Å²) in [5.41, 5.74) is 0.526. The third-order valence-electron chi connectivity index (χ3n) is 4.30. The van der Waals surface area contributed by atoms with Gasteiger partial charge in [-0.2, -0.15) is 0 Å². The van der Waals surface area contributed by atoms with E-state index in [0.717, 1.165) is 12.8 Å². The topological polar surface area (TPSA) is 81.2 Å². The van der Waals surface area contributed by atoms with Crippen molar-refractivity contribution in [1.29, 1.82) is 0 Å². The lowest BCUT2D eigenvalue weighted by molar-refractivity contribution is -0.432. The molecule has 0 fully saturated rings. The van der Waals surface area contributed by atoms with Crippen LogP contribution in [0.5, 0.6) is 0 Å². The van der Waals surface area contributed by atoms with Crippen LogP contribution in [-0.4, -0.2) is 6.54 Å². The van der Waals surface area contributed by atoms with E-state index in [1.54, 1.807) is 24.3 Å². The zero-order chi connectivity index (χ0) is 17.7. The first-order chi connectivity index (χ1) is 11.6. The van der Waals surface area contributed by atoms with Crippen LogP contribution in [-0.2, 0) is 0 Å². The van der Waals surface area contributed by atoms with Crippen LogP contribution < -0.4 is 20.0 Å². The Kier molecular flexibility index (Phi) is 11.5. The average Bonchev–Trinajstić information content (AvgIpc) is 2.55. The number of benzene rings is 1. The Hall–Kier alpha value is -0.510. The minimum Gasteiger partial charge on any atom is -0.686 e. The molecule has 5 heteroatoms. The van der Waals surface area contributed by atoms with Crippen molar-refractivity contribution in [2.45, 2.75) is 76.9 Å². The van der Waals surface area contributed by atoms with E-state index >= 15 is 0 Å². The van der Waals surface area contributed by atoms with Crippen molar-refractivity contribution in [2.75, 3.05) is 6.54 Å². The average molecular weight is 353 g/mol. The van der Waals surface area contributed by atoms with E-state index in [4.69, 9.17) is 0 Å². The van der Waals surface area contributed by atoms with Gasteiger partial charge in [-0.3, -0.25) is 5.32 Å². The predicted octanol–water partition coefficient (Wildman–Crippen LogP) is 3.04. The summed E-state index contributed by atoms with van der Waals surface area (Å²) in [6.45, 7) is 2.79. The largest absolute Gasteiger partial charge is 0.686 e. The van der Waals surface area contributed by atoms with Crippen molar-refractivity contribution in [3.63, 3.8) is 0 Å². The van der Waals surface area contributed by atoms with Gasteiger partial charge in [-0.15, -0.1) is 7.94 Å². The molecule has 0 heterocycles. The van der Waals surface area contributed by atoms with Crippen LogP contribution in [0, 0.1) is 0 Å². The molecule has 4 nitrogen and oxygen atoms in total. The van der Waals surface area contributed by atoms with Gasteiger partial charge in [-0.25, -0.2) is 0 Å². The van der Waals surface area contributed by atoms with E-state index < -0.39 is 13.7 Å². The summed E-state index contributed by atoms with van der Waals surface area (Å²) in [5.74, 6) is -1.11. The normalized spacial score (nSPS) is 13.2. The van der Waals surface area contributed by atoms with Crippen LogP contribution in [0.4, 0.5) is 0 Å². The second-order valence-electron chi connectivity index (χ2n) is 6.49. The Bertz CT molecular complexity index is 409. The summed E-state index contributed by atoms with van der Waals surface area (Å²) in [5, 5.41) is 2.91. The monoisotopic (exact) mass is 353 g/mol. The minimum atomic E-state index is -4.69. The van der Waals surface area contributed by atoms with Crippen LogP contribution in [0.3, 0.4) is 0 Å². The first-order valence-electron chi connectivity index (χ1n) is 9.35. The molecule has 1 N–H and O–H groups in total.